The molecule has 2 aromatic rings. The predicted octanol–water partition coefficient (Wildman–Crippen LogP) is 3.90. The van der Waals surface area contributed by atoms with Crippen LogP contribution in [0.2, 0.25) is 0 Å². The molecule has 0 bridgehead atoms. The molecule has 0 saturated heterocycles. The van der Waals surface area contributed by atoms with Gasteiger partial charge in [0, 0.05) is 9.26 Å². The number of amides is 1. The average Bonchev–Trinajstić information content (AvgIpc) is 2.33. The molecule has 0 spiro atoms. The van der Waals surface area contributed by atoms with Gasteiger partial charge in [-0.15, -0.1) is 0 Å². The SMILES string of the molecule is O=C(Nc1ccccc1)Oc1ccc(I)cc1. The van der Waals surface area contributed by atoms with Gasteiger partial charge in [0.1, 0.15) is 5.75 Å². The summed E-state index contributed by atoms with van der Waals surface area (Å²) >= 11 is 2.19. The number of ether oxygens (including phenoxy) is 1. The van der Waals surface area contributed by atoms with Crippen LogP contribution in [0.15, 0.2) is 54.6 Å². The van der Waals surface area contributed by atoms with Crippen LogP contribution in [0.25, 0.3) is 0 Å². The molecule has 0 unspecified atom stereocenters. The highest BCUT2D eigenvalue weighted by Crippen LogP contribution is 2.14. The molecule has 0 aliphatic carbocycles. The van der Waals surface area contributed by atoms with Crippen molar-refractivity contribution in [2.75, 3.05) is 5.32 Å². The lowest BCUT2D eigenvalue weighted by Gasteiger charge is -2.06. The highest BCUT2D eigenvalue weighted by Gasteiger charge is 2.04. The van der Waals surface area contributed by atoms with Gasteiger partial charge in [0.25, 0.3) is 0 Å². The predicted molar refractivity (Wildman–Crippen MR) is 75.2 cm³/mol. The Hall–Kier alpha value is -1.56. The molecular weight excluding hydrogens is 329 g/mol. The minimum Gasteiger partial charge on any atom is -0.410 e. The molecule has 0 aromatic heterocycles. The van der Waals surface area contributed by atoms with Gasteiger partial charge in [-0.3, -0.25) is 5.32 Å². The summed E-state index contributed by atoms with van der Waals surface area (Å²) in [6.45, 7) is 0. The summed E-state index contributed by atoms with van der Waals surface area (Å²) in [6, 6.07) is 16.5. The van der Waals surface area contributed by atoms with Crippen molar-refractivity contribution >= 4 is 34.4 Å². The average molecular weight is 339 g/mol. The van der Waals surface area contributed by atoms with Crippen LogP contribution in [0.5, 0.6) is 5.75 Å². The van der Waals surface area contributed by atoms with E-state index in [2.05, 4.69) is 27.9 Å². The van der Waals surface area contributed by atoms with Crippen LogP contribution in [0.1, 0.15) is 0 Å². The van der Waals surface area contributed by atoms with Gasteiger partial charge in [-0.1, -0.05) is 18.2 Å². The summed E-state index contributed by atoms with van der Waals surface area (Å²) < 4.78 is 6.22. The molecule has 0 heterocycles. The van der Waals surface area contributed by atoms with E-state index in [0.717, 1.165) is 3.57 Å². The third kappa shape index (κ3) is 3.74. The molecule has 2 aromatic carbocycles. The second kappa shape index (κ2) is 5.67. The first kappa shape index (κ1) is 11.9. The molecular formula is C13H10INO2. The fourth-order valence-corrected chi connectivity index (χ4v) is 1.63. The fourth-order valence-electron chi connectivity index (χ4n) is 1.27. The first-order chi connectivity index (χ1) is 8.24. The van der Waals surface area contributed by atoms with Gasteiger partial charge in [-0.2, -0.15) is 0 Å². The van der Waals surface area contributed by atoms with Crippen molar-refractivity contribution in [1.82, 2.24) is 0 Å². The van der Waals surface area contributed by atoms with Crippen LogP contribution in [0.4, 0.5) is 10.5 Å². The van der Waals surface area contributed by atoms with E-state index >= 15 is 0 Å². The number of hydrogen-bond donors (Lipinski definition) is 1. The molecule has 0 saturated carbocycles. The number of carbonyl (C=O) groups excluding carboxylic acids is 1. The zero-order chi connectivity index (χ0) is 12.1. The maximum Gasteiger partial charge on any atom is 0.417 e. The standard InChI is InChI=1S/C13H10INO2/c14-10-6-8-12(9-7-10)17-13(16)15-11-4-2-1-3-5-11/h1-9H,(H,15,16). The molecule has 4 heteroatoms. The number of anilines is 1. The zero-order valence-electron chi connectivity index (χ0n) is 8.89. The van der Waals surface area contributed by atoms with Crippen molar-refractivity contribution in [2.45, 2.75) is 0 Å². The van der Waals surface area contributed by atoms with E-state index in [9.17, 15) is 4.79 Å². The first-order valence-corrected chi connectivity index (χ1v) is 6.11. The Kier molecular flexibility index (Phi) is 3.98. The van der Waals surface area contributed by atoms with Crippen molar-refractivity contribution in [3.63, 3.8) is 0 Å². The number of carbonyl (C=O) groups is 1. The summed E-state index contributed by atoms with van der Waals surface area (Å²) in [7, 11) is 0. The Bertz CT molecular complexity index is 497. The summed E-state index contributed by atoms with van der Waals surface area (Å²) in [5, 5.41) is 2.64. The smallest absolute Gasteiger partial charge is 0.410 e. The number of benzene rings is 2. The molecule has 17 heavy (non-hydrogen) atoms. The van der Waals surface area contributed by atoms with Crippen molar-refractivity contribution in [3.05, 3.63) is 58.2 Å². The maximum atomic E-state index is 11.5. The Labute approximate surface area is 113 Å². The number of nitrogens with one attached hydrogen (secondary N) is 1. The third-order valence-electron chi connectivity index (χ3n) is 2.04. The molecule has 3 nitrogen and oxygen atoms in total. The maximum absolute atomic E-state index is 11.5. The lowest BCUT2D eigenvalue weighted by molar-refractivity contribution is 0.215. The Morgan fingerprint density at radius 1 is 1.00 bits per heavy atom. The van der Waals surface area contributed by atoms with E-state index in [-0.39, 0.29) is 0 Å². The molecule has 2 rings (SSSR count). The molecule has 1 N–H and O–H groups in total. The fraction of sp³-hybridized carbons (Fsp3) is 0. The van der Waals surface area contributed by atoms with Crippen LogP contribution in [-0.4, -0.2) is 6.09 Å². The molecule has 0 fully saturated rings. The quantitative estimate of drug-likeness (QED) is 0.843. The second-order valence-electron chi connectivity index (χ2n) is 3.33. The number of hydrogen-bond acceptors (Lipinski definition) is 2. The normalized spacial score (nSPS) is 9.71. The summed E-state index contributed by atoms with van der Waals surface area (Å²) in [5.41, 5.74) is 0.711. The highest BCUT2D eigenvalue weighted by molar-refractivity contribution is 14.1. The van der Waals surface area contributed by atoms with E-state index in [4.69, 9.17) is 4.74 Å². The number of para-hydroxylation sites is 1. The van der Waals surface area contributed by atoms with Crippen LogP contribution in [0.3, 0.4) is 0 Å². The molecule has 1 amide bonds. The Morgan fingerprint density at radius 3 is 2.29 bits per heavy atom. The largest absolute Gasteiger partial charge is 0.417 e. The van der Waals surface area contributed by atoms with Gasteiger partial charge in [0.15, 0.2) is 0 Å². The van der Waals surface area contributed by atoms with Crippen molar-refractivity contribution in [3.8, 4) is 5.75 Å². The van der Waals surface area contributed by atoms with Gasteiger partial charge in [0.2, 0.25) is 0 Å². The van der Waals surface area contributed by atoms with Crippen molar-refractivity contribution in [1.29, 1.82) is 0 Å². The van der Waals surface area contributed by atoms with E-state index in [1.54, 1.807) is 24.3 Å². The van der Waals surface area contributed by atoms with Crippen LogP contribution in [0, 0.1) is 3.57 Å². The van der Waals surface area contributed by atoms with Gasteiger partial charge < -0.3 is 4.74 Å². The van der Waals surface area contributed by atoms with E-state index in [1.165, 1.54) is 0 Å². The van der Waals surface area contributed by atoms with E-state index < -0.39 is 6.09 Å². The highest BCUT2D eigenvalue weighted by atomic mass is 127. The second-order valence-corrected chi connectivity index (χ2v) is 4.58. The van der Waals surface area contributed by atoms with Crippen molar-refractivity contribution < 1.29 is 9.53 Å². The zero-order valence-corrected chi connectivity index (χ0v) is 11.0. The molecule has 0 aliphatic rings. The third-order valence-corrected chi connectivity index (χ3v) is 2.76. The molecule has 0 atom stereocenters. The van der Waals surface area contributed by atoms with Gasteiger partial charge in [-0.05, 0) is 59.0 Å². The van der Waals surface area contributed by atoms with E-state index in [0.29, 0.717) is 11.4 Å². The molecule has 0 aliphatic heterocycles. The minimum absolute atomic E-state index is 0.489. The van der Waals surface area contributed by atoms with Gasteiger partial charge in [-0.25, -0.2) is 4.79 Å². The lowest BCUT2D eigenvalue weighted by Crippen LogP contribution is -2.16. The number of rotatable bonds is 2. The number of halogens is 1. The Morgan fingerprint density at radius 2 is 1.65 bits per heavy atom. The molecule has 0 radical (unpaired) electrons. The molecule has 86 valence electrons. The van der Waals surface area contributed by atoms with E-state index in [1.807, 2.05) is 30.3 Å². The topological polar surface area (TPSA) is 38.3 Å². The summed E-state index contributed by atoms with van der Waals surface area (Å²) in [4.78, 5) is 11.5. The summed E-state index contributed by atoms with van der Waals surface area (Å²) in [5.74, 6) is 0.527. The van der Waals surface area contributed by atoms with Crippen molar-refractivity contribution in [2.24, 2.45) is 0 Å². The Balaban J connectivity index is 1.96. The van der Waals surface area contributed by atoms with Gasteiger partial charge in [0.05, 0.1) is 0 Å². The first-order valence-electron chi connectivity index (χ1n) is 5.03. The van der Waals surface area contributed by atoms with Gasteiger partial charge >= 0.3 is 6.09 Å². The monoisotopic (exact) mass is 339 g/mol. The summed E-state index contributed by atoms with van der Waals surface area (Å²) in [6.07, 6.45) is -0.489. The lowest BCUT2D eigenvalue weighted by atomic mass is 10.3. The van der Waals surface area contributed by atoms with Crippen LogP contribution in [-0.2, 0) is 0 Å². The van der Waals surface area contributed by atoms with Crippen LogP contribution < -0.4 is 10.1 Å². The van der Waals surface area contributed by atoms with Crippen LogP contribution >= 0.6 is 22.6 Å². The minimum atomic E-state index is -0.489.